The minimum Gasteiger partial charge on any atom is -0.381 e. The topological polar surface area (TPSA) is 68.5 Å². The first-order valence-corrected chi connectivity index (χ1v) is 10.5. The number of carbonyl (C=O) groups excluding carboxylic acids is 1. The third kappa shape index (κ3) is 4.45. The standard InChI is InChI=1S/C20H31N3O3/c24-19(6-5-15-3-1-2-4-15)23-10-7-16(14-23)13-18-21-20(26-22-18)17-8-11-25-12-9-17/h15-17H,1-14H2. The summed E-state index contributed by atoms with van der Waals surface area (Å²) in [5.41, 5.74) is 0. The first-order valence-electron chi connectivity index (χ1n) is 10.5. The zero-order chi connectivity index (χ0) is 17.8. The van der Waals surface area contributed by atoms with Gasteiger partial charge in [0.2, 0.25) is 11.8 Å². The molecule has 144 valence electrons. The average Bonchev–Trinajstić information content (AvgIpc) is 3.43. The molecule has 1 aromatic heterocycles. The summed E-state index contributed by atoms with van der Waals surface area (Å²) in [6.45, 7) is 3.30. The molecule has 2 saturated heterocycles. The fraction of sp³-hybridized carbons (Fsp3) is 0.850. The van der Waals surface area contributed by atoms with Gasteiger partial charge in [-0.3, -0.25) is 4.79 Å². The third-order valence-corrected chi connectivity index (χ3v) is 6.41. The fourth-order valence-corrected chi connectivity index (χ4v) is 4.73. The van der Waals surface area contributed by atoms with Crippen LogP contribution in [-0.4, -0.2) is 47.3 Å². The zero-order valence-corrected chi connectivity index (χ0v) is 15.7. The normalized spacial score (nSPS) is 25.2. The first kappa shape index (κ1) is 18.0. The van der Waals surface area contributed by atoms with Crippen LogP contribution in [0.3, 0.4) is 0 Å². The van der Waals surface area contributed by atoms with E-state index in [1.807, 2.05) is 0 Å². The van der Waals surface area contributed by atoms with Crippen molar-refractivity contribution in [1.29, 1.82) is 0 Å². The lowest BCUT2D eigenvalue weighted by atomic mass is 10.0. The molecule has 1 aliphatic carbocycles. The SMILES string of the molecule is O=C(CCC1CCCC1)N1CCC(Cc2noc(C3CCOCC3)n2)C1. The molecule has 1 aromatic rings. The van der Waals surface area contributed by atoms with Crippen LogP contribution in [0.4, 0.5) is 0 Å². The Morgan fingerprint density at radius 3 is 2.69 bits per heavy atom. The number of aromatic nitrogens is 2. The van der Waals surface area contributed by atoms with E-state index in [-0.39, 0.29) is 0 Å². The van der Waals surface area contributed by atoms with Gasteiger partial charge < -0.3 is 14.2 Å². The van der Waals surface area contributed by atoms with E-state index in [0.717, 1.165) is 82.5 Å². The Morgan fingerprint density at radius 1 is 1.08 bits per heavy atom. The Morgan fingerprint density at radius 2 is 1.88 bits per heavy atom. The van der Waals surface area contributed by atoms with Crippen molar-refractivity contribution in [3.8, 4) is 0 Å². The van der Waals surface area contributed by atoms with E-state index in [1.165, 1.54) is 25.7 Å². The van der Waals surface area contributed by atoms with Crippen molar-refractivity contribution in [2.24, 2.45) is 11.8 Å². The van der Waals surface area contributed by atoms with Gasteiger partial charge >= 0.3 is 0 Å². The minimum atomic E-state index is 0.343. The summed E-state index contributed by atoms with van der Waals surface area (Å²) >= 11 is 0. The van der Waals surface area contributed by atoms with Gasteiger partial charge in [-0.05, 0) is 37.5 Å². The van der Waals surface area contributed by atoms with E-state index in [2.05, 4.69) is 15.0 Å². The molecule has 3 heterocycles. The molecule has 1 saturated carbocycles. The van der Waals surface area contributed by atoms with E-state index in [4.69, 9.17) is 9.26 Å². The van der Waals surface area contributed by atoms with Crippen LogP contribution >= 0.6 is 0 Å². The summed E-state index contributed by atoms with van der Waals surface area (Å²) in [6, 6.07) is 0. The highest BCUT2D eigenvalue weighted by molar-refractivity contribution is 5.76. The maximum absolute atomic E-state index is 12.5. The number of amides is 1. The molecule has 1 amide bonds. The molecule has 0 aromatic carbocycles. The first-order chi connectivity index (χ1) is 12.8. The van der Waals surface area contributed by atoms with Crippen LogP contribution in [0.1, 0.15) is 75.4 Å². The second-order valence-corrected chi connectivity index (χ2v) is 8.32. The van der Waals surface area contributed by atoms with Crippen LogP contribution in [0, 0.1) is 11.8 Å². The van der Waals surface area contributed by atoms with Crippen molar-refractivity contribution < 1.29 is 14.1 Å². The molecule has 3 fully saturated rings. The number of likely N-dealkylation sites (tertiary alicyclic amines) is 1. The molecule has 6 heteroatoms. The van der Waals surface area contributed by atoms with Crippen LogP contribution in [-0.2, 0) is 16.0 Å². The molecular weight excluding hydrogens is 330 g/mol. The molecule has 2 aliphatic heterocycles. The number of carbonyl (C=O) groups is 1. The lowest BCUT2D eigenvalue weighted by Gasteiger charge is -2.18. The molecule has 3 aliphatic rings. The number of rotatable bonds is 6. The van der Waals surface area contributed by atoms with Crippen molar-refractivity contribution in [2.75, 3.05) is 26.3 Å². The lowest BCUT2D eigenvalue weighted by Crippen LogP contribution is -2.29. The summed E-state index contributed by atoms with van der Waals surface area (Å²) in [5, 5.41) is 4.18. The number of hydrogen-bond acceptors (Lipinski definition) is 5. The quantitative estimate of drug-likeness (QED) is 0.777. The second kappa shape index (κ2) is 8.51. The molecule has 4 rings (SSSR count). The number of hydrogen-bond donors (Lipinski definition) is 0. The van der Waals surface area contributed by atoms with Gasteiger partial charge in [-0.25, -0.2) is 0 Å². The van der Waals surface area contributed by atoms with Gasteiger partial charge in [-0.15, -0.1) is 0 Å². The molecule has 0 spiro atoms. The number of nitrogens with zero attached hydrogens (tertiary/aromatic N) is 3. The Bertz CT molecular complexity index is 591. The molecule has 0 bridgehead atoms. The fourth-order valence-electron chi connectivity index (χ4n) is 4.73. The summed E-state index contributed by atoms with van der Waals surface area (Å²) in [5.74, 6) is 3.52. The van der Waals surface area contributed by atoms with E-state index >= 15 is 0 Å². The van der Waals surface area contributed by atoms with Gasteiger partial charge in [0.15, 0.2) is 5.82 Å². The van der Waals surface area contributed by atoms with Crippen molar-refractivity contribution in [3.63, 3.8) is 0 Å². The summed E-state index contributed by atoms with van der Waals surface area (Å²) in [4.78, 5) is 19.1. The van der Waals surface area contributed by atoms with Crippen molar-refractivity contribution in [1.82, 2.24) is 15.0 Å². The Labute approximate surface area is 155 Å². The van der Waals surface area contributed by atoms with E-state index in [1.54, 1.807) is 0 Å². The highest BCUT2D eigenvalue weighted by Crippen LogP contribution is 2.30. The lowest BCUT2D eigenvalue weighted by molar-refractivity contribution is -0.130. The molecule has 26 heavy (non-hydrogen) atoms. The molecular formula is C20H31N3O3. The Hall–Kier alpha value is -1.43. The smallest absolute Gasteiger partial charge is 0.229 e. The molecule has 0 radical (unpaired) electrons. The van der Waals surface area contributed by atoms with E-state index < -0.39 is 0 Å². The van der Waals surface area contributed by atoms with Crippen LogP contribution in [0.25, 0.3) is 0 Å². The third-order valence-electron chi connectivity index (χ3n) is 6.41. The van der Waals surface area contributed by atoms with Crippen molar-refractivity contribution in [3.05, 3.63) is 11.7 Å². The maximum Gasteiger partial charge on any atom is 0.229 e. The van der Waals surface area contributed by atoms with Gasteiger partial charge in [-0.2, -0.15) is 4.98 Å². The minimum absolute atomic E-state index is 0.343. The highest BCUT2D eigenvalue weighted by Gasteiger charge is 2.29. The Balaban J connectivity index is 1.22. The highest BCUT2D eigenvalue weighted by atomic mass is 16.5. The summed E-state index contributed by atoms with van der Waals surface area (Å²) in [7, 11) is 0. The molecule has 1 atom stereocenters. The van der Waals surface area contributed by atoms with Crippen LogP contribution in [0.5, 0.6) is 0 Å². The van der Waals surface area contributed by atoms with E-state index in [0.29, 0.717) is 17.7 Å². The average molecular weight is 361 g/mol. The maximum atomic E-state index is 12.5. The summed E-state index contributed by atoms with van der Waals surface area (Å²) in [6.07, 6.45) is 11.0. The van der Waals surface area contributed by atoms with E-state index in [9.17, 15) is 4.79 Å². The van der Waals surface area contributed by atoms with Crippen molar-refractivity contribution >= 4 is 5.91 Å². The van der Waals surface area contributed by atoms with Gasteiger partial charge in [0.25, 0.3) is 0 Å². The van der Waals surface area contributed by atoms with Crippen LogP contribution < -0.4 is 0 Å². The van der Waals surface area contributed by atoms with Crippen LogP contribution in [0.2, 0.25) is 0 Å². The predicted molar refractivity (Wildman–Crippen MR) is 96.7 cm³/mol. The Kier molecular flexibility index (Phi) is 5.88. The number of ether oxygens (including phenoxy) is 1. The largest absolute Gasteiger partial charge is 0.381 e. The van der Waals surface area contributed by atoms with Gasteiger partial charge in [-0.1, -0.05) is 30.8 Å². The molecule has 0 N–H and O–H groups in total. The second-order valence-electron chi connectivity index (χ2n) is 8.32. The van der Waals surface area contributed by atoms with Gasteiger partial charge in [0.05, 0.1) is 0 Å². The predicted octanol–water partition coefficient (Wildman–Crippen LogP) is 3.33. The monoisotopic (exact) mass is 361 g/mol. The van der Waals surface area contributed by atoms with Gasteiger partial charge in [0.1, 0.15) is 0 Å². The van der Waals surface area contributed by atoms with Crippen molar-refractivity contribution in [2.45, 2.75) is 70.1 Å². The zero-order valence-electron chi connectivity index (χ0n) is 15.7. The molecule has 6 nitrogen and oxygen atoms in total. The molecule has 1 unspecified atom stereocenters. The summed E-state index contributed by atoms with van der Waals surface area (Å²) < 4.78 is 10.9. The van der Waals surface area contributed by atoms with Gasteiger partial charge in [0, 0.05) is 45.1 Å². The van der Waals surface area contributed by atoms with Crippen LogP contribution in [0.15, 0.2) is 4.52 Å².